The van der Waals surface area contributed by atoms with Crippen LogP contribution in [0.4, 0.5) is 0 Å². The molecule has 1 heterocycles. The minimum absolute atomic E-state index is 0.0324. The highest BCUT2D eigenvalue weighted by atomic mass is 16.8. The van der Waals surface area contributed by atoms with E-state index in [9.17, 15) is 0 Å². The Bertz CT molecular complexity index is 71.2. The van der Waals surface area contributed by atoms with E-state index in [4.69, 9.17) is 0 Å². The summed E-state index contributed by atoms with van der Waals surface area (Å²) in [5, 5.41) is 6.71. The van der Waals surface area contributed by atoms with Crippen LogP contribution >= 0.6 is 0 Å². The van der Waals surface area contributed by atoms with E-state index in [1.165, 1.54) is 0 Å². The van der Waals surface area contributed by atoms with Crippen LogP contribution < -0.4 is 5.48 Å². The molecule has 1 atom stereocenters. The second-order valence-corrected chi connectivity index (χ2v) is 1.08. The van der Waals surface area contributed by atoms with E-state index >= 15 is 0 Å². The fourth-order valence-electron chi connectivity index (χ4n) is 0.218. The minimum Gasteiger partial charge on any atom is -0.277 e. The highest BCUT2D eigenvalue weighted by molar-refractivity contribution is 4.44. The van der Waals surface area contributed by atoms with Crippen LogP contribution in [0.2, 0.25) is 0 Å². The van der Waals surface area contributed by atoms with Gasteiger partial charge in [0.05, 0.1) is 0 Å². The Hall–Kier alpha value is -0.640. The Morgan fingerprint density at radius 2 is 2.67 bits per heavy atom. The lowest BCUT2D eigenvalue weighted by atomic mass is 10.7. The van der Waals surface area contributed by atoms with Crippen LogP contribution in [0, 0.1) is 0 Å². The first-order valence-electron chi connectivity index (χ1n) is 1.71. The molecule has 0 aromatic carbocycles. The minimum atomic E-state index is 0.0324. The molecule has 4 nitrogen and oxygen atoms in total. The molecular weight excluding hydrogens is 82.0 g/mol. The van der Waals surface area contributed by atoms with E-state index in [-0.39, 0.29) is 6.17 Å². The summed E-state index contributed by atoms with van der Waals surface area (Å²) in [6.45, 7) is 1.84. The zero-order chi connectivity index (χ0) is 4.41. The maximum atomic E-state index is 4.27. The Labute approximate surface area is 35.1 Å². The quantitative estimate of drug-likeness (QED) is 0.459. The average molecular weight is 87.1 g/mol. The molecule has 1 aliphatic rings. The van der Waals surface area contributed by atoms with Crippen molar-refractivity contribution in [2.45, 2.75) is 13.1 Å². The fraction of sp³-hybridized carbons (Fsp3) is 1.00. The lowest BCUT2D eigenvalue weighted by Gasteiger charge is -1.87. The third-order valence-corrected chi connectivity index (χ3v) is 0.484. The van der Waals surface area contributed by atoms with Gasteiger partial charge < -0.3 is 0 Å². The van der Waals surface area contributed by atoms with Crippen molar-refractivity contribution in [2.24, 2.45) is 10.4 Å². The maximum absolute atomic E-state index is 4.27. The molecule has 0 aliphatic carbocycles. The standard InChI is InChI=1S/C2H5N3O/c1-2-3-5-6-4-2/h2,4H,1H3. The molecule has 1 N–H and O–H groups in total. The van der Waals surface area contributed by atoms with Gasteiger partial charge in [-0.1, -0.05) is 0 Å². The maximum Gasteiger partial charge on any atom is 0.157 e. The summed E-state index contributed by atoms with van der Waals surface area (Å²) < 4.78 is 0. The van der Waals surface area contributed by atoms with Crippen LogP contribution in [0.15, 0.2) is 10.4 Å². The molecule has 1 unspecified atom stereocenters. The number of nitrogens with one attached hydrogen (secondary N) is 1. The largest absolute Gasteiger partial charge is 0.277 e. The predicted molar refractivity (Wildman–Crippen MR) is 18.5 cm³/mol. The molecule has 0 radical (unpaired) electrons. The van der Waals surface area contributed by atoms with Gasteiger partial charge in [0.1, 0.15) is 0 Å². The summed E-state index contributed by atoms with van der Waals surface area (Å²) in [6, 6.07) is 0. The highest BCUT2D eigenvalue weighted by Gasteiger charge is 2.01. The van der Waals surface area contributed by atoms with Gasteiger partial charge >= 0.3 is 0 Å². The van der Waals surface area contributed by atoms with Gasteiger partial charge in [0.15, 0.2) is 6.17 Å². The smallest absolute Gasteiger partial charge is 0.157 e. The van der Waals surface area contributed by atoms with Crippen LogP contribution in [0.1, 0.15) is 6.92 Å². The van der Waals surface area contributed by atoms with E-state index in [0.717, 1.165) is 0 Å². The van der Waals surface area contributed by atoms with E-state index in [1.54, 1.807) is 0 Å². The number of hydrogen-bond acceptors (Lipinski definition) is 4. The van der Waals surface area contributed by atoms with Crippen molar-refractivity contribution in [1.29, 1.82) is 0 Å². The molecule has 6 heavy (non-hydrogen) atoms. The first-order valence-corrected chi connectivity index (χ1v) is 1.71. The summed E-state index contributed by atoms with van der Waals surface area (Å²) in [5.41, 5.74) is 2.49. The second kappa shape index (κ2) is 1.22. The van der Waals surface area contributed by atoms with Crippen molar-refractivity contribution >= 4 is 0 Å². The van der Waals surface area contributed by atoms with Crippen molar-refractivity contribution in [3.05, 3.63) is 0 Å². The van der Waals surface area contributed by atoms with Gasteiger partial charge in [-0.15, -0.1) is 10.6 Å². The Morgan fingerprint density at radius 3 is 2.83 bits per heavy atom. The molecule has 1 rings (SSSR count). The highest BCUT2D eigenvalue weighted by Crippen LogP contribution is 1.92. The second-order valence-electron chi connectivity index (χ2n) is 1.08. The summed E-state index contributed by atoms with van der Waals surface area (Å²) in [6.07, 6.45) is 0.0324. The molecule has 4 heteroatoms. The van der Waals surface area contributed by atoms with Crippen LogP contribution in [0.25, 0.3) is 0 Å². The zero-order valence-corrected chi connectivity index (χ0v) is 3.38. The van der Waals surface area contributed by atoms with Crippen molar-refractivity contribution < 1.29 is 4.94 Å². The number of hydroxylamine groups is 1. The van der Waals surface area contributed by atoms with Gasteiger partial charge in [0.25, 0.3) is 0 Å². The first kappa shape index (κ1) is 3.55. The van der Waals surface area contributed by atoms with Gasteiger partial charge in [0, 0.05) is 5.28 Å². The SMILES string of the molecule is CC1N=NON1. The van der Waals surface area contributed by atoms with E-state index < -0.39 is 0 Å². The number of hydrogen-bond donors (Lipinski definition) is 1. The zero-order valence-electron chi connectivity index (χ0n) is 3.38. The van der Waals surface area contributed by atoms with Crippen molar-refractivity contribution in [3.63, 3.8) is 0 Å². The lowest BCUT2D eigenvalue weighted by molar-refractivity contribution is 0.0627. The average Bonchev–Trinajstić information content (AvgIpc) is 1.86. The van der Waals surface area contributed by atoms with Crippen LogP contribution in [-0.4, -0.2) is 6.17 Å². The summed E-state index contributed by atoms with van der Waals surface area (Å²) >= 11 is 0. The molecule has 1 aliphatic heterocycles. The lowest BCUT2D eigenvalue weighted by Crippen LogP contribution is -2.15. The molecule has 0 amide bonds. The third kappa shape index (κ3) is 0.463. The van der Waals surface area contributed by atoms with Gasteiger partial charge in [-0.3, -0.25) is 4.94 Å². The molecule has 0 saturated carbocycles. The normalized spacial score (nSPS) is 30.5. The molecular formula is C2H5N3O. The van der Waals surface area contributed by atoms with Gasteiger partial charge in [-0.2, -0.15) is 0 Å². The molecule has 0 spiro atoms. The van der Waals surface area contributed by atoms with Gasteiger partial charge in [0.2, 0.25) is 0 Å². The van der Waals surface area contributed by atoms with E-state index in [0.29, 0.717) is 0 Å². The van der Waals surface area contributed by atoms with E-state index in [2.05, 4.69) is 20.8 Å². The predicted octanol–water partition coefficient (Wildman–Crippen LogP) is 0.234. The molecule has 0 fully saturated rings. The number of nitrogens with zero attached hydrogens (tertiary/aromatic N) is 2. The van der Waals surface area contributed by atoms with Gasteiger partial charge in [-0.25, -0.2) is 0 Å². The summed E-state index contributed by atoms with van der Waals surface area (Å²) in [4.78, 5) is 4.27. The van der Waals surface area contributed by atoms with Crippen LogP contribution in [-0.2, 0) is 4.94 Å². The Kier molecular flexibility index (Phi) is 0.719. The molecule has 0 aromatic rings. The molecule has 34 valence electrons. The fourth-order valence-corrected chi connectivity index (χ4v) is 0.218. The van der Waals surface area contributed by atoms with Crippen molar-refractivity contribution in [2.75, 3.05) is 0 Å². The first-order chi connectivity index (χ1) is 2.89. The third-order valence-electron chi connectivity index (χ3n) is 0.484. The number of rotatable bonds is 0. The Balaban J connectivity index is 2.38. The molecule has 0 bridgehead atoms. The summed E-state index contributed by atoms with van der Waals surface area (Å²) in [7, 11) is 0. The van der Waals surface area contributed by atoms with Crippen LogP contribution in [0.5, 0.6) is 0 Å². The topological polar surface area (TPSA) is 46.0 Å². The Morgan fingerprint density at radius 1 is 1.83 bits per heavy atom. The van der Waals surface area contributed by atoms with E-state index in [1.807, 2.05) is 6.92 Å². The molecule has 0 saturated heterocycles. The molecule has 0 aromatic heterocycles. The van der Waals surface area contributed by atoms with Crippen molar-refractivity contribution in [3.8, 4) is 0 Å². The summed E-state index contributed by atoms with van der Waals surface area (Å²) in [5.74, 6) is 0. The van der Waals surface area contributed by atoms with Gasteiger partial charge in [-0.05, 0) is 6.92 Å². The van der Waals surface area contributed by atoms with Crippen LogP contribution in [0.3, 0.4) is 0 Å². The monoisotopic (exact) mass is 87.0 g/mol. The van der Waals surface area contributed by atoms with Crippen molar-refractivity contribution in [1.82, 2.24) is 5.48 Å².